The lowest BCUT2D eigenvalue weighted by atomic mass is 10.1. The fraction of sp³-hybridized carbons (Fsp3) is 0.458. The Morgan fingerprint density at radius 3 is 2.47 bits per heavy atom. The highest BCUT2D eigenvalue weighted by atomic mass is 16.2. The molecule has 8 nitrogen and oxygen atoms in total. The van der Waals surface area contributed by atoms with E-state index in [9.17, 15) is 4.79 Å². The topological polar surface area (TPSA) is 69.0 Å². The first-order valence-electron chi connectivity index (χ1n) is 11.5. The van der Waals surface area contributed by atoms with Crippen LogP contribution in [0.5, 0.6) is 0 Å². The van der Waals surface area contributed by atoms with Gasteiger partial charge < -0.3 is 20.0 Å². The summed E-state index contributed by atoms with van der Waals surface area (Å²) in [6.45, 7) is 7.53. The summed E-state index contributed by atoms with van der Waals surface area (Å²) in [6.07, 6.45) is 7.90. The summed E-state index contributed by atoms with van der Waals surface area (Å²) in [5, 5.41) is 3.47. The summed E-state index contributed by atoms with van der Waals surface area (Å²) < 4.78 is 1.98. The Kier molecular flexibility index (Phi) is 5.70. The van der Waals surface area contributed by atoms with Crippen molar-refractivity contribution < 1.29 is 4.79 Å². The number of imidazole rings is 1. The van der Waals surface area contributed by atoms with Crippen molar-refractivity contribution >= 4 is 23.1 Å². The summed E-state index contributed by atoms with van der Waals surface area (Å²) in [5.74, 6) is 0.948. The second-order valence-corrected chi connectivity index (χ2v) is 8.85. The molecule has 1 amide bonds. The van der Waals surface area contributed by atoms with Gasteiger partial charge in [-0.05, 0) is 38.9 Å². The van der Waals surface area contributed by atoms with Crippen molar-refractivity contribution in [2.45, 2.75) is 25.8 Å². The standard InChI is InChI=1S/C24H31N7O/c1-18(24(32)30-15-13-28(2)14-16-30)26-23-22(27-21-17-25-9-12-31(21)23)19-5-7-20(8-6-19)29-10-3-4-11-29/h5-9,12,17-18,26H,3-4,10-11,13-16H2,1-2H3. The smallest absolute Gasteiger partial charge is 0.244 e. The molecule has 1 N–H and O–H groups in total. The number of piperazine rings is 1. The minimum absolute atomic E-state index is 0.123. The van der Waals surface area contributed by atoms with E-state index in [4.69, 9.17) is 4.98 Å². The van der Waals surface area contributed by atoms with Crippen LogP contribution in [0.3, 0.4) is 0 Å². The monoisotopic (exact) mass is 433 g/mol. The summed E-state index contributed by atoms with van der Waals surface area (Å²) in [4.78, 5) is 28.8. The maximum Gasteiger partial charge on any atom is 0.244 e. The van der Waals surface area contributed by atoms with Gasteiger partial charge in [0.15, 0.2) is 5.65 Å². The first-order valence-corrected chi connectivity index (χ1v) is 11.5. The van der Waals surface area contributed by atoms with Crippen molar-refractivity contribution in [3.05, 3.63) is 42.9 Å². The van der Waals surface area contributed by atoms with Crippen molar-refractivity contribution in [1.29, 1.82) is 0 Å². The van der Waals surface area contributed by atoms with Crippen LogP contribution in [0.1, 0.15) is 19.8 Å². The van der Waals surface area contributed by atoms with Crippen LogP contribution >= 0.6 is 0 Å². The fourth-order valence-corrected chi connectivity index (χ4v) is 4.62. The van der Waals surface area contributed by atoms with Crippen molar-refractivity contribution in [1.82, 2.24) is 24.2 Å². The molecule has 5 rings (SSSR count). The highest BCUT2D eigenvalue weighted by molar-refractivity contribution is 5.86. The molecule has 1 unspecified atom stereocenters. The maximum atomic E-state index is 13.1. The summed E-state index contributed by atoms with van der Waals surface area (Å²) in [5.41, 5.74) is 3.88. The van der Waals surface area contributed by atoms with Gasteiger partial charge in [-0.3, -0.25) is 14.2 Å². The third kappa shape index (κ3) is 4.02. The predicted octanol–water partition coefficient (Wildman–Crippen LogP) is 2.57. The van der Waals surface area contributed by atoms with Crippen LogP contribution in [-0.4, -0.2) is 82.4 Å². The number of likely N-dealkylation sites (N-methyl/N-ethyl adjacent to an activating group) is 1. The number of benzene rings is 1. The van der Waals surface area contributed by atoms with Crippen molar-refractivity contribution in [3.63, 3.8) is 0 Å². The Bertz CT molecular complexity index is 1080. The van der Waals surface area contributed by atoms with E-state index in [1.54, 1.807) is 12.4 Å². The van der Waals surface area contributed by atoms with Gasteiger partial charge in [-0.25, -0.2) is 4.98 Å². The summed E-state index contributed by atoms with van der Waals surface area (Å²) in [7, 11) is 2.09. The number of rotatable bonds is 5. The van der Waals surface area contributed by atoms with E-state index in [1.165, 1.54) is 18.5 Å². The number of amides is 1. The number of fused-ring (bicyclic) bond motifs is 1. The molecule has 2 saturated heterocycles. The number of nitrogens with zero attached hydrogens (tertiary/aromatic N) is 6. The quantitative estimate of drug-likeness (QED) is 0.667. The first kappa shape index (κ1) is 20.8. The van der Waals surface area contributed by atoms with Crippen LogP contribution in [0, 0.1) is 0 Å². The second-order valence-electron chi connectivity index (χ2n) is 8.85. The largest absolute Gasteiger partial charge is 0.372 e. The zero-order chi connectivity index (χ0) is 22.1. The van der Waals surface area contributed by atoms with Gasteiger partial charge in [0.2, 0.25) is 5.91 Å². The molecule has 32 heavy (non-hydrogen) atoms. The zero-order valence-corrected chi connectivity index (χ0v) is 18.9. The molecule has 3 aromatic rings. The predicted molar refractivity (Wildman–Crippen MR) is 127 cm³/mol. The molecule has 0 radical (unpaired) electrons. The molecule has 0 bridgehead atoms. The molecule has 1 aromatic carbocycles. The van der Waals surface area contributed by atoms with E-state index in [1.807, 2.05) is 22.4 Å². The van der Waals surface area contributed by atoms with E-state index in [2.05, 4.69) is 51.4 Å². The van der Waals surface area contributed by atoms with Crippen molar-refractivity contribution in [3.8, 4) is 11.3 Å². The Balaban J connectivity index is 1.42. The zero-order valence-electron chi connectivity index (χ0n) is 18.9. The molecular formula is C24H31N7O. The minimum Gasteiger partial charge on any atom is -0.372 e. The lowest BCUT2D eigenvalue weighted by molar-refractivity contribution is -0.133. The number of carbonyl (C=O) groups excluding carboxylic acids is 1. The van der Waals surface area contributed by atoms with E-state index in [0.717, 1.165) is 62.0 Å². The number of aromatic nitrogens is 3. The van der Waals surface area contributed by atoms with E-state index >= 15 is 0 Å². The SMILES string of the molecule is CC(Nc1c(-c2ccc(N3CCCC3)cc2)nc2cnccn12)C(=O)N1CCN(C)CC1. The Morgan fingerprint density at radius 1 is 1.03 bits per heavy atom. The molecule has 1 atom stereocenters. The molecule has 4 heterocycles. The summed E-state index contributed by atoms with van der Waals surface area (Å²) in [6, 6.07) is 8.24. The maximum absolute atomic E-state index is 13.1. The molecule has 2 fully saturated rings. The van der Waals surface area contributed by atoms with Crippen molar-refractivity contribution in [2.75, 3.05) is 56.5 Å². The van der Waals surface area contributed by atoms with Gasteiger partial charge >= 0.3 is 0 Å². The van der Waals surface area contributed by atoms with E-state index in [-0.39, 0.29) is 11.9 Å². The third-order valence-corrected chi connectivity index (χ3v) is 6.58. The van der Waals surface area contributed by atoms with Crippen LogP contribution in [0.15, 0.2) is 42.9 Å². The highest BCUT2D eigenvalue weighted by Gasteiger charge is 2.26. The van der Waals surface area contributed by atoms with Gasteiger partial charge in [0.05, 0.1) is 6.20 Å². The van der Waals surface area contributed by atoms with E-state index < -0.39 is 0 Å². The molecule has 0 saturated carbocycles. The third-order valence-electron chi connectivity index (χ3n) is 6.58. The second kappa shape index (κ2) is 8.78. The Labute approximate surface area is 188 Å². The van der Waals surface area contributed by atoms with Gasteiger partial charge in [-0.2, -0.15) is 0 Å². The molecule has 8 heteroatoms. The van der Waals surface area contributed by atoms with Gasteiger partial charge in [0.25, 0.3) is 0 Å². The van der Waals surface area contributed by atoms with Crippen molar-refractivity contribution in [2.24, 2.45) is 0 Å². The molecule has 2 aromatic heterocycles. The van der Waals surface area contributed by atoms with Crippen LogP contribution in [0.4, 0.5) is 11.5 Å². The van der Waals surface area contributed by atoms with E-state index in [0.29, 0.717) is 0 Å². The number of carbonyl (C=O) groups is 1. The van der Waals surface area contributed by atoms with Crippen LogP contribution in [0.2, 0.25) is 0 Å². The van der Waals surface area contributed by atoms with Gasteiger partial charge in [-0.15, -0.1) is 0 Å². The van der Waals surface area contributed by atoms with Crippen LogP contribution in [0.25, 0.3) is 16.9 Å². The number of hydrogen-bond acceptors (Lipinski definition) is 6. The molecule has 0 aliphatic carbocycles. The lowest BCUT2D eigenvalue weighted by Crippen LogP contribution is -2.51. The van der Waals surface area contributed by atoms with Crippen LogP contribution in [-0.2, 0) is 4.79 Å². The van der Waals surface area contributed by atoms with Crippen LogP contribution < -0.4 is 10.2 Å². The van der Waals surface area contributed by atoms with Gasteiger partial charge in [0.1, 0.15) is 17.6 Å². The number of nitrogens with one attached hydrogen (secondary N) is 1. The van der Waals surface area contributed by atoms with Gasteiger partial charge in [-0.1, -0.05) is 12.1 Å². The number of hydrogen-bond donors (Lipinski definition) is 1. The molecule has 2 aliphatic heterocycles. The molecule has 168 valence electrons. The molecule has 2 aliphatic rings. The number of anilines is 2. The first-order chi connectivity index (χ1) is 15.6. The Morgan fingerprint density at radius 2 is 1.75 bits per heavy atom. The summed E-state index contributed by atoms with van der Waals surface area (Å²) >= 11 is 0. The minimum atomic E-state index is -0.353. The normalized spacial score (nSPS) is 18.3. The highest BCUT2D eigenvalue weighted by Crippen LogP contribution is 2.31. The average Bonchev–Trinajstić information content (AvgIpc) is 3.48. The molecular weight excluding hydrogens is 402 g/mol. The lowest BCUT2D eigenvalue weighted by Gasteiger charge is -2.34. The van der Waals surface area contributed by atoms with Gasteiger partial charge in [0, 0.05) is 62.9 Å². The fourth-order valence-electron chi connectivity index (χ4n) is 4.62. The Hall–Kier alpha value is -3.13. The molecule has 0 spiro atoms. The average molecular weight is 434 g/mol.